The van der Waals surface area contributed by atoms with Gasteiger partial charge in [0.25, 0.3) is 0 Å². The normalized spacial score (nSPS) is 26.2. The molecule has 0 spiro atoms. The summed E-state index contributed by atoms with van der Waals surface area (Å²) in [5.41, 5.74) is 7.41. The van der Waals surface area contributed by atoms with Crippen LogP contribution in [0, 0.1) is 5.92 Å². The topological polar surface area (TPSA) is 29.3 Å². The van der Waals surface area contributed by atoms with E-state index in [1.54, 1.807) is 11.8 Å². The van der Waals surface area contributed by atoms with Gasteiger partial charge in [0.2, 0.25) is 0 Å². The molecule has 88 valence electrons. The summed E-state index contributed by atoms with van der Waals surface area (Å²) in [5.74, 6) is 0.630. The number of benzene rings is 1. The molecule has 1 aromatic carbocycles. The Morgan fingerprint density at radius 2 is 2.00 bits per heavy atom. The molecule has 0 radical (unpaired) electrons. The van der Waals surface area contributed by atoms with Gasteiger partial charge in [0.15, 0.2) is 0 Å². The largest absolute Gasteiger partial charge is 0.326 e. The van der Waals surface area contributed by atoms with E-state index in [-0.39, 0.29) is 0 Å². The molecule has 2 unspecified atom stereocenters. The second-order valence-corrected chi connectivity index (χ2v) is 5.56. The van der Waals surface area contributed by atoms with Gasteiger partial charge in [0.1, 0.15) is 0 Å². The van der Waals surface area contributed by atoms with Crippen molar-refractivity contribution in [2.75, 3.05) is 19.3 Å². The number of hydrogen-bond donors (Lipinski definition) is 1. The average Bonchev–Trinajstić information content (AvgIpc) is 2.59. The highest BCUT2D eigenvalue weighted by molar-refractivity contribution is 7.98. The van der Waals surface area contributed by atoms with Crippen LogP contribution >= 0.6 is 11.8 Å². The summed E-state index contributed by atoms with van der Waals surface area (Å²) in [4.78, 5) is 3.78. The third-order valence-electron chi connectivity index (χ3n) is 3.31. The molecule has 3 heteroatoms. The van der Waals surface area contributed by atoms with Crippen molar-refractivity contribution in [1.82, 2.24) is 4.90 Å². The molecule has 0 amide bonds. The van der Waals surface area contributed by atoms with Crippen LogP contribution in [0.3, 0.4) is 0 Å². The van der Waals surface area contributed by atoms with Gasteiger partial charge in [-0.1, -0.05) is 19.1 Å². The minimum absolute atomic E-state index is 0.352. The van der Waals surface area contributed by atoms with Crippen molar-refractivity contribution in [1.29, 1.82) is 0 Å². The fourth-order valence-electron chi connectivity index (χ4n) is 2.21. The van der Waals surface area contributed by atoms with Crippen LogP contribution in [-0.2, 0) is 6.54 Å². The van der Waals surface area contributed by atoms with Crippen molar-refractivity contribution in [3.8, 4) is 0 Å². The quantitative estimate of drug-likeness (QED) is 0.816. The number of nitrogens with zero attached hydrogens (tertiary/aromatic N) is 1. The molecule has 1 aliphatic rings. The minimum atomic E-state index is 0.352. The van der Waals surface area contributed by atoms with E-state index in [1.807, 2.05) is 0 Å². The van der Waals surface area contributed by atoms with Crippen molar-refractivity contribution in [2.24, 2.45) is 11.7 Å². The average molecular weight is 236 g/mol. The smallest absolute Gasteiger partial charge is 0.0234 e. The molecule has 0 bridgehead atoms. The van der Waals surface area contributed by atoms with Crippen molar-refractivity contribution in [3.63, 3.8) is 0 Å². The van der Waals surface area contributed by atoms with E-state index in [4.69, 9.17) is 5.73 Å². The second-order valence-electron chi connectivity index (χ2n) is 4.68. The Kier molecular flexibility index (Phi) is 3.90. The maximum Gasteiger partial charge on any atom is 0.0234 e. The van der Waals surface area contributed by atoms with E-state index in [1.165, 1.54) is 10.5 Å². The van der Waals surface area contributed by atoms with E-state index in [0.717, 1.165) is 19.6 Å². The van der Waals surface area contributed by atoms with Gasteiger partial charge in [0, 0.05) is 30.6 Å². The third kappa shape index (κ3) is 2.78. The van der Waals surface area contributed by atoms with E-state index in [9.17, 15) is 0 Å². The van der Waals surface area contributed by atoms with Gasteiger partial charge in [-0.25, -0.2) is 0 Å². The van der Waals surface area contributed by atoms with Crippen molar-refractivity contribution in [3.05, 3.63) is 29.8 Å². The molecule has 1 saturated heterocycles. The SMILES string of the molecule is CSc1ccc(CN2CC(C)C(N)C2)cc1. The molecule has 16 heavy (non-hydrogen) atoms. The lowest BCUT2D eigenvalue weighted by Crippen LogP contribution is -2.28. The van der Waals surface area contributed by atoms with Gasteiger partial charge in [-0.3, -0.25) is 4.90 Å². The van der Waals surface area contributed by atoms with Crippen LogP contribution in [0.2, 0.25) is 0 Å². The van der Waals surface area contributed by atoms with E-state index in [2.05, 4.69) is 42.3 Å². The van der Waals surface area contributed by atoms with Gasteiger partial charge in [0.05, 0.1) is 0 Å². The third-order valence-corrected chi connectivity index (χ3v) is 4.05. The van der Waals surface area contributed by atoms with E-state index in [0.29, 0.717) is 12.0 Å². The summed E-state index contributed by atoms with van der Waals surface area (Å²) in [6.07, 6.45) is 2.11. The molecule has 1 aliphatic heterocycles. The van der Waals surface area contributed by atoms with Crippen LogP contribution < -0.4 is 5.73 Å². The maximum atomic E-state index is 6.02. The first-order valence-electron chi connectivity index (χ1n) is 5.80. The predicted octanol–water partition coefficient (Wildman–Crippen LogP) is 2.19. The Morgan fingerprint density at radius 1 is 1.31 bits per heavy atom. The Bertz CT molecular complexity index is 326. The van der Waals surface area contributed by atoms with Crippen LogP contribution in [0.4, 0.5) is 0 Å². The summed E-state index contributed by atoms with van der Waals surface area (Å²) in [7, 11) is 0. The summed E-state index contributed by atoms with van der Waals surface area (Å²) >= 11 is 1.79. The first kappa shape index (κ1) is 12.0. The number of rotatable bonds is 3. The van der Waals surface area contributed by atoms with E-state index >= 15 is 0 Å². The van der Waals surface area contributed by atoms with Crippen LogP contribution in [0.1, 0.15) is 12.5 Å². The van der Waals surface area contributed by atoms with Gasteiger partial charge in [-0.05, 0) is 29.9 Å². The fraction of sp³-hybridized carbons (Fsp3) is 0.538. The lowest BCUT2D eigenvalue weighted by Gasteiger charge is -2.15. The molecule has 2 nitrogen and oxygen atoms in total. The zero-order valence-corrected chi connectivity index (χ0v) is 10.8. The molecular formula is C13H20N2S. The van der Waals surface area contributed by atoms with Gasteiger partial charge >= 0.3 is 0 Å². The van der Waals surface area contributed by atoms with Crippen molar-refractivity contribution < 1.29 is 0 Å². The minimum Gasteiger partial charge on any atom is -0.326 e. The second kappa shape index (κ2) is 5.21. The molecule has 2 atom stereocenters. The fourth-order valence-corrected chi connectivity index (χ4v) is 2.62. The van der Waals surface area contributed by atoms with Crippen LogP contribution in [-0.4, -0.2) is 30.3 Å². The highest BCUT2D eigenvalue weighted by Crippen LogP contribution is 2.19. The van der Waals surface area contributed by atoms with Crippen LogP contribution in [0.5, 0.6) is 0 Å². The Morgan fingerprint density at radius 3 is 2.50 bits per heavy atom. The van der Waals surface area contributed by atoms with Gasteiger partial charge in [-0.15, -0.1) is 11.8 Å². The highest BCUT2D eigenvalue weighted by atomic mass is 32.2. The Labute approximate surface area is 102 Å². The first-order chi connectivity index (χ1) is 7.69. The summed E-state index contributed by atoms with van der Waals surface area (Å²) < 4.78 is 0. The molecule has 2 rings (SSSR count). The summed E-state index contributed by atoms with van der Waals surface area (Å²) in [6, 6.07) is 9.19. The lowest BCUT2D eigenvalue weighted by molar-refractivity contribution is 0.319. The first-order valence-corrected chi connectivity index (χ1v) is 7.02. The van der Waals surface area contributed by atoms with Crippen molar-refractivity contribution in [2.45, 2.75) is 24.4 Å². The zero-order chi connectivity index (χ0) is 11.5. The molecule has 0 saturated carbocycles. The summed E-state index contributed by atoms with van der Waals surface area (Å²) in [6.45, 7) is 5.44. The summed E-state index contributed by atoms with van der Waals surface area (Å²) in [5, 5.41) is 0. The standard InChI is InChI=1S/C13H20N2S/c1-10-7-15(9-13(10)14)8-11-3-5-12(16-2)6-4-11/h3-6,10,13H,7-9,14H2,1-2H3. The Hall–Kier alpha value is -0.510. The lowest BCUT2D eigenvalue weighted by atomic mass is 10.1. The van der Waals surface area contributed by atoms with E-state index < -0.39 is 0 Å². The molecular weight excluding hydrogens is 216 g/mol. The van der Waals surface area contributed by atoms with Gasteiger partial charge in [-0.2, -0.15) is 0 Å². The predicted molar refractivity (Wildman–Crippen MR) is 70.6 cm³/mol. The van der Waals surface area contributed by atoms with Crippen LogP contribution in [0.15, 0.2) is 29.2 Å². The van der Waals surface area contributed by atoms with Crippen LogP contribution in [0.25, 0.3) is 0 Å². The monoisotopic (exact) mass is 236 g/mol. The number of thioether (sulfide) groups is 1. The van der Waals surface area contributed by atoms with Crippen molar-refractivity contribution >= 4 is 11.8 Å². The molecule has 0 aliphatic carbocycles. The molecule has 1 fully saturated rings. The number of likely N-dealkylation sites (tertiary alicyclic amines) is 1. The molecule has 1 heterocycles. The highest BCUT2D eigenvalue weighted by Gasteiger charge is 2.26. The molecule has 1 aromatic rings. The number of nitrogens with two attached hydrogens (primary N) is 1. The van der Waals surface area contributed by atoms with Gasteiger partial charge < -0.3 is 5.73 Å². The number of hydrogen-bond acceptors (Lipinski definition) is 3. The molecule has 0 aromatic heterocycles. The molecule has 2 N–H and O–H groups in total. The Balaban J connectivity index is 1.94. The zero-order valence-electron chi connectivity index (χ0n) is 10.0. The maximum absolute atomic E-state index is 6.02.